The van der Waals surface area contributed by atoms with Crippen LogP contribution in [0.4, 0.5) is 0 Å². The maximum Gasteiger partial charge on any atom is 0.340 e. The summed E-state index contributed by atoms with van der Waals surface area (Å²) in [6.07, 6.45) is 5.89. The number of aromatic nitrogens is 1. The second-order valence-corrected chi connectivity index (χ2v) is 5.10. The van der Waals surface area contributed by atoms with Gasteiger partial charge in [-0.25, -0.2) is 4.79 Å². The van der Waals surface area contributed by atoms with E-state index in [0.29, 0.717) is 11.5 Å². The Morgan fingerprint density at radius 2 is 2.12 bits per heavy atom. The average molecular weight is 233 g/mol. The number of hydrogen-bond donors (Lipinski definition) is 0. The predicted molar refractivity (Wildman–Crippen MR) is 61.8 cm³/mol. The lowest BCUT2D eigenvalue weighted by Gasteiger charge is -2.15. The summed E-state index contributed by atoms with van der Waals surface area (Å²) >= 11 is 0. The van der Waals surface area contributed by atoms with E-state index >= 15 is 0 Å². The third-order valence-corrected chi connectivity index (χ3v) is 3.68. The molecule has 0 atom stereocenters. The van der Waals surface area contributed by atoms with Gasteiger partial charge in [0.1, 0.15) is 5.60 Å². The molecule has 0 radical (unpaired) electrons. The van der Waals surface area contributed by atoms with Crippen molar-refractivity contribution >= 4 is 5.97 Å². The number of nitrogens with zero attached hydrogens (tertiary/aromatic N) is 1. The maximum atomic E-state index is 12.0. The zero-order chi connectivity index (χ0) is 12.0. The Hall–Kier alpha value is -1.58. The number of carbonyl (C=O) groups excluding carboxylic acids is 1. The number of hydrogen-bond acceptors (Lipinski definition) is 3. The highest BCUT2D eigenvalue weighted by atomic mass is 16.6. The van der Waals surface area contributed by atoms with Crippen LogP contribution in [0.15, 0.2) is 23.1 Å². The van der Waals surface area contributed by atoms with Crippen molar-refractivity contribution in [3.8, 4) is 0 Å². The van der Waals surface area contributed by atoms with E-state index in [1.54, 1.807) is 7.05 Å². The van der Waals surface area contributed by atoms with Crippen LogP contribution >= 0.6 is 0 Å². The Balaban J connectivity index is 1.77. The van der Waals surface area contributed by atoms with E-state index in [-0.39, 0.29) is 17.1 Å². The molecular formula is C13H15NO3. The summed E-state index contributed by atoms with van der Waals surface area (Å²) in [5, 5.41) is 0. The summed E-state index contributed by atoms with van der Waals surface area (Å²) in [7, 11) is 1.63. The highest BCUT2D eigenvalue weighted by molar-refractivity contribution is 5.89. The van der Waals surface area contributed by atoms with Crippen LogP contribution in [0.3, 0.4) is 0 Å². The molecule has 3 rings (SSSR count). The Morgan fingerprint density at radius 3 is 2.65 bits per heavy atom. The summed E-state index contributed by atoms with van der Waals surface area (Å²) in [5.41, 5.74) is 0.176. The van der Waals surface area contributed by atoms with Gasteiger partial charge >= 0.3 is 5.97 Å². The molecule has 0 saturated heterocycles. The van der Waals surface area contributed by atoms with Crippen LogP contribution < -0.4 is 5.56 Å². The molecule has 2 fully saturated rings. The largest absolute Gasteiger partial charge is 0.455 e. The summed E-state index contributed by atoms with van der Waals surface area (Å²) in [4.78, 5) is 23.2. The number of esters is 1. The smallest absolute Gasteiger partial charge is 0.340 e. The molecule has 0 amide bonds. The monoisotopic (exact) mass is 233 g/mol. The first kappa shape index (κ1) is 10.6. The Morgan fingerprint density at radius 1 is 1.41 bits per heavy atom. The van der Waals surface area contributed by atoms with Crippen molar-refractivity contribution in [1.82, 2.24) is 4.57 Å². The highest BCUT2D eigenvalue weighted by Crippen LogP contribution is 2.56. The van der Waals surface area contributed by atoms with Crippen LogP contribution in [0.25, 0.3) is 0 Å². The van der Waals surface area contributed by atoms with E-state index < -0.39 is 0 Å². The van der Waals surface area contributed by atoms with E-state index in [1.807, 2.05) is 0 Å². The van der Waals surface area contributed by atoms with Crippen molar-refractivity contribution in [3.63, 3.8) is 0 Å². The van der Waals surface area contributed by atoms with Crippen molar-refractivity contribution in [3.05, 3.63) is 34.2 Å². The van der Waals surface area contributed by atoms with Crippen LogP contribution in [0.5, 0.6) is 0 Å². The third kappa shape index (κ3) is 1.88. The number of pyridine rings is 1. The number of ether oxygens (including phenoxy) is 1. The molecule has 1 heterocycles. The molecule has 2 saturated carbocycles. The second-order valence-electron chi connectivity index (χ2n) is 5.10. The quantitative estimate of drug-likeness (QED) is 0.743. The molecule has 4 nitrogen and oxygen atoms in total. The lowest BCUT2D eigenvalue weighted by molar-refractivity contribution is 0.0159. The third-order valence-electron chi connectivity index (χ3n) is 3.68. The van der Waals surface area contributed by atoms with Crippen LogP contribution in [-0.2, 0) is 11.8 Å². The number of carbonyl (C=O) groups is 1. The summed E-state index contributed by atoms with van der Waals surface area (Å²) < 4.78 is 7.00. The van der Waals surface area contributed by atoms with Crippen molar-refractivity contribution in [1.29, 1.82) is 0 Å². The van der Waals surface area contributed by atoms with Gasteiger partial charge in [-0.1, -0.05) is 0 Å². The topological polar surface area (TPSA) is 48.3 Å². The van der Waals surface area contributed by atoms with E-state index in [4.69, 9.17) is 4.74 Å². The fourth-order valence-corrected chi connectivity index (χ4v) is 2.28. The van der Waals surface area contributed by atoms with Crippen LogP contribution in [0.1, 0.15) is 36.0 Å². The average Bonchev–Trinajstić information content (AvgIpc) is 3.13. The van der Waals surface area contributed by atoms with Gasteiger partial charge in [-0.05, 0) is 37.7 Å². The van der Waals surface area contributed by atoms with Crippen LogP contribution in [0.2, 0.25) is 0 Å². The van der Waals surface area contributed by atoms with Gasteiger partial charge < -0.3 is 9.30 Å². The molecule has 0 spiro atoms. The summed E-state index contributed by atoms with van der Waals surface area (Å²) in [6, 6.07) is 2.93. The SMILES string of the molecule is Cn1cc(C(=O)OC2(C3CC3)CC2)ccc1=O. The normalized spacial score (nSPS) is 21.0. The Labute approximate surface area is 99.2 Å². The molecule has 1 aromatic heterocycles. The van der Waals surface area contributed by atoms with E-state index in [1.165, 1.54) is 35.7 Å². The molecule has 2 aliphatic rings. The van der Waals surface area contributed by atoms with E-state index in [9.17, 15) is 9.59 Å². The zero-order valence-corrected chi connectivity index (χ0v) is 9.81. The van der Waals surface area contributed by atoms with Crippen molar-refractivity contribution in [2.75, 3.05) is 0 Å². The minimum atomic E-state index is -0.301. The van der Waals surface area contributed by atoms with Crippen molar-refractivity contribution in [2.24, 2.45) is 13.0 Å². The molecule has 90 valence electrons. The highest BCUT2D eigenvalue weighted by Gasteiger charge is 2.57. The van der Waals surface area contributed by atoms with E-state index in [0.717, 1.165) is 12.8 Å². The van der Waals surface area contributed by atoms with Crippen LogP contribution in [-0.4, -0.2) is 16.1 Å². The van der Waals surface area contributed by atoms with Gasteiger partial charge in [-0.15, -0.1) is 0 Å². The first-order valence-electron chi connectivity index (χ1n) is 6.01. The number of rotatable bonds is 3. The molecule has 0 bridgehead atoms. The van der Waals surface area contributed by atoms with Gasteiger partial charge in [0, 0.05) is 19.3 Å². The van der Waals surface area contributed by atoms with E-state index in [2.05, 4.69) is 0 Å². The van der Waals surface area contributed by atoms with Gasteiger partial charge in [0.25, 0.3) is 0 Å². The molecular weight excluding hydrogens is 218 g/mol. The van der Waals surface area contributed by atoms with Crippen molar-refractivity contribution < 1.29 is 9.53 Å². The molecule has 0 unspecified atom stereocenters. The maximum absolute atomic E-state index is 12.0. The van der Waals surface area contributed by atoms with Gasteiger partial charge in [-0.3, -0.25) is 4.79 Å². The standard InChI is InChI=1S/C13H15NO3/c1-14-8-9(2-5-11(14)15)12(16)17-13(6-7-13)10-3-4-10/h2,5,8,10H,3-4,6-7H2,1H3. The fourth-order valence-electron chi connectivity index (χ4n) is 2.28. The minimum absolute atomic E-state index is 0.120. The zero-order valence-electron chi connectivity index (χ0n) is 9.81. The Kier molecular flexibility index (Phi) is 2.15. The van der Waals surface area contributed by atoms with Crippen molar-refractivity contribution in [2.45, 2.75) is 31.3 Å². The molecule has 0 N–H and O–H groups in total. The lowest BCUT2D eigenvalue weighted by atomic mass is 10.2. The van der Waals surface area contributed by atoms with Gasteiger partial charge in [-0.2, -0.15) is 0 Å². The molecule has 17 heavy (non-hydrogen) atoms. The lowest BCUT2D eigenvalue weighted by Crippen LogP contribution is -2.23. The van der Waals surface area contributed by atoms with Gasteiger partial charge in [0.2, 0.25) is 5.56 Å². The molecule has 4 heteroatoms. The summed E-state index contributed by atoms with van der Waals surface area (Å²) in [6.45, 7) is 0. The fraction of sp³-hybridized carbons (Fsp3) is 0.538. The molecule has 0 aliphatic heterocycles. The summed E-state index contributed by atoms with van der Waals surface area (Å²) in [5.74, 6) is 0.281. The predicted octanol–water partition coefficient (Wildman–Crippen LogP) is 1.48. The first-order chi connectivity index (χ1) is 8.11. The number of aryl methyl sites for hydroxylation is 1. The molecule has 2 aliphatic carbocycles. The second kappa shape index (κ2) is 3.45. The first-order valence-corrected chi connectivity index (χ1v) is 6.01. The Bertz CT molecular complexity index is 524. The van der Waals surface area contributed by atoms with Gasteiger partial charge in [0.15, 0.2) is 0 Å². The minimum Gasteiger partial charge on any atom is -0.455 e. The molecule has 1 aromatic rings. The van der Waals surface area contributed by atoms with Crippen LogP contribution in [0, 0.1) is 5.92 Å². The van der Waals surface area contributed by atoms with Gasteiger partial charge in [0.05, 0.1) is 5.56 Å². The molecule has 0 aromatic carbocycles.